The number of ether oxygens (including phenoxy) is 1. The molecule has 0 fully saturated rings. The van der Waals surface area contributed by atoms with Gasteiger partial charge in [-0.25, -0.2) is 4.98 Å². The first-order valence-corrected chi connectivity index (χ1v) is 10.4. The molecule has 1 aromatic carbocycles. The largest absolute Gasteiger partial charge is 0.491 e. The molecule has 0 bridgehead atoms. The highest BCUT2D eigenvalue weighted by molar-refractivity contribution is 6.03. The highest BCUT2D eigenvalue weighted by atomic mass is 16.5. The summed E-state index contributed by atoms with van der Waals surface area (Å²) in [6.45, 7) is 7.33. The van der Waals surface area contributed by atoms with Crippen LogP contribution in [0, 0.1) is 0 Å². The first-order chi connectivity index (χ1) is 14.0. The van der Waals surface area contributed by atoms with E-state index in [0.717, 1.165) is 43.5 Å². The number of unbranched alkanes of at least 4 members (excludes halogenated alkanes) is 1. The van der Waals surface area contributed by atoms with Gasteiger partial charge in [-0.05, 0) is 63.8 Å². The van der Waals surface area contributed by atoms with E-state index in [4.69, 9.17) is 4.74 Å². The number of aromatic nitrogens is 2. The van der Waals surface area contributed by atoms with Gasteiger partial charge in [-0.15, -0.1) is 0 Å². The van der Waals surface area contributed by atoms with Gasteiger partial charge in [-0.1, -0.05) is 13.3 Å². The van der Waals surface area contributed by atoms with E-state index in [2.05, 4.69) is 22.5 Å². The molecule has 2 N–H and O–H groups in total. The molecule has 2 aromatic rings. The summed E-state index contributed by atoms with van der Waals surface area (Å²) in [6, 6.07) is 7.24. The summed E-state index contributed by atoms with van der Waals surface area (Å²) in [5.41, 5.74) is 1.90. The summed E-state index contributed by atoms with van der Waals surface area (Å²) >= 11 is 0. The van der Waals surface area contributed by atoms with E-state index in [9.17, 15) is 9.59 Å². The fraction of sp³-hybridized carbons (Fsp3) is 0.500. The number of carbonyl (C=O) groups excluding carboxylic acids is 2. The van der Waals surface area contributed by atoms with Crippen molar-refractivity contribution in [1.82, 2.24) is 14.9 Å². The van der Waals surface area contributed by atoms with Crippen molar-refractivity contribution in [3.05, 3.63) is 41.5 Å². The zero-order valence-electron chi connectivity index (χ0n) is 17.5. The predicted octanol–water partition coefficient (Wildman–Crippen LogP) is 3.79. The molecule has 7 heteroatoms. The molecule has 29 heavy (non-hydrogen) atoms. The van der Waals surface area contributed by atoms with Gasteiger partial charge in [0.15, 0.2) is 5.82 Å². The number of carbonyl (C=O) groups is 2. The number of nitrogens with one attached hydrogen (secondary N) is 2. The number of imidazole rings is 1. The van der Waals surface area contributed by atoms with Gasteiger partial charge in [0.05, 0.1) is 11.8 Å². The van der Waals surface area contributed by atoms with Crippen LogP contribution in [0.5, 0.6) is 5.75 Å². The Labute approximate surface area is 171 Å². The Kier molecular flexibility index (Phi) is 6.90. The second-order valence-corrected chi connectivity index (χ2v) is 7.59. The maximum absolute atomic E-state index is 12.9. The number of benzene rings is 1. The first-order valence-electron chi connectivity index (χ1n) is 10.4. The lowest BCUT2D eigenvalue weighted by atomic mass is 10.1. The Morgan fingerprint density at radius 3 is 2.62 bits per heavy atom. The number of amides is 2. The quantitative estimate of drug-likeness (QED) is 0.663. The number of rotatable bonds is 8. The molecule has 0 saturated heterocycles. The van der Waals surface area contributed by atoms with Crippen molar-refractivity contribution in [2.75, 3.05) is 11.9 Å². The van der Waals surface area contributed by atoms with Crippen LogP contribution in [0.4, 0.5) is 5.69 Å². The second-order valence-electron chi connectivity index (χ2n) is 7.59. The zero-order chi connectivity index (χ0) is 20.8. The maximum Gasteiger partial charge on any atom is 0.291 e. The summed E-state index contributed by atoms with van der Waals surface area (Å²) in [7, 11) is 0. The summed E-state index contributed by atoms with van der Waals surface area (Å²) in [6.07, 6.45) is 4.76. The van der Waals surface area contributed by atoms with Gasteiger partial charge in [-0.2, -0.15) is 0 Å². The minimum absolute atomic E-state index is 0.0915. The summed E-state index contributed by atoms with van der Waals surface area (Å²) in [5, 5.41) is 5.80. The molecular weight excluding hydrogens is 368 g/mol. The van der Waals surface area contributed by atoms with Crippen LogP contribution in [0.1, 0.15) is 73.3 Å². The Bertz CT molecular complexity index is 856. The molecule has 2 heterocycles. The third kappa shape index (κ3) is 5.16. The third-order valence-corrected chi connectivity index (χ3v) is 4.84. The lowest BCUT2D eigenvalue weighted by Crippen LogP contribution is -2.26. The second kappa shape index (κ2) is 9.58. The summed E-state index contributed by atoms with van der Waals surface area (Å²) in [4.78, 5) is 29.9. The van der Waals surface area contributed by atoms with Crippen LogP contribution >= 0.6 is 0 Å². The van der Waals surface area contributed by atoms with Crippen LogP contribution < -0.4 is 15.4 Å². The SMILES string of the molecule is CCCCNC(=O)c1nc(C(=O)Nc2ccc(OC(C)C)cc2)n2c1CCCC2. The molecule has 1 aromatic heterocycles. The fourth-order valence-electron chi connectivity index (χ4n) is 3.44. The number of fused-ring (bicyclic) bond motifs is 1. The number of hydrogen-bond donors (Lipinski definition) is 2. The lowest BCUT2D eigenvalue weighted by molar-refractivity contribution is 0.0947. The Morgan fingerprint density at radius 2 is 1.93 bits per heavy atom. The van der Waals surface area contributed by atoms with Crippen LogP contribution in [0.3, 0.4) is 0 Å². The number of anilines is 1. The smallest absolute Gasteiger partial charge is 0.291 e. The Hall–Kier alpha value is -2.83. The topological polar surface area (TPSA) is 85.2 Å². The van der Waals surface area contributed by atoms with Crippen molar-refractivity contribution < 1.29 is 14.3 Å². The standard InChI is InChI=1S/C22H30N4O3/c1-4-5-13-23-21(27)19-18-8-6-7-14-26(18)20(25-19)22(28)24-16-9-11-17(12-10-16)29-15(2)3/h9-12,15H,4-8,13-14H2,1-3H3,(H,23,27)(H,24,28). The van der Waals surface area contributed by atoms with Crippen molar-refractivity contribution in [2.24, 2.45) is 0 Å². The molecular formula is C22H30N4O3. The van der Waals surface area contributed by atoms with Gasteiger partial charge >= 0.3 is 0 Å². The van der Waals surface area contributed by atoms with E-state index in [0.29, 0.717) is 30.3 Å². The predicted molar refractivity (Wildman–Crippen MR) is 113 cm³/mol. The minimum atomic E-state index is -0.307. The molecule has 0 radical (unpaired) electrons. The average Bonchev–Trinajstić information content (AvgIpc) is 3.09. The minimum Gasteiger partial charge on any atom is -0.491 e. The number of hydrogen-bond acceptors (Lipinski definition) is 4. The zero-order valence-corrected chi connectivity index (χ0v) is 17.5. The van der Waals surface area contributed by atoms with E-state index in [1.807, 2.05) is 30.5 Å². The molecule has 0 saturated carbocycles. The molecule has 1 aliphatic heterocycles. The van der Waals surface area contributed by atoms with Crippen molar-refractivity contribution >= 4 is 17.5 Å². The van der Waals surface area contributed by atoms with Gasteiger partial charge in [0.25, 0.3) is 11.8 Å². The van der Waals surface area contributed by atoms with Crippen LogP contribution in [-0.4, -0.2) is 34.0 Å². The molecule has 2 amide bonds. The molecule has 0 spiro atoms. The molecule has 0 atom stereocenters. The molecule has 0 unspecified atom stereocenters. The highest BCUT2D eigenvalue weighted by Gasteiger charge is 2.27. The van der Waals surface area contributed by atoms with Gasteiger partial charge in [0.2, 0.25) is 0 Å². The lowest BCUT2D eigenvalue weighted by Gasteiger charge is -2.17. The van der Waals surface area contributed by atoms with Crippen LogP contribution in [0.2, 0.25) is 0 Å². The average molecular weight is 399 g/mol. The van der Waals surface area contributed by atoms with Crippen molar-refractivity contribution in [3.63, 3.8) is 0 Å². The van der Waals surface area contributed by atoms with Crippen molar-refractivity contribution in [3.8, 4) is 5.75 Å². The van der Waals surface area contributed by atoms with Gasteiger partial charge < -0.3 is 19.9 Å². The van der Waals surface area contributed by atoms with Gasteiger partial charge in [0, 0.05) is 18.8 Å². The van der Waals surface area contributed by atoms with E-state index in [1.165, 1.54) is 0 Å². The van der Waals surface area contributed by atoms with Crippen molar-refractivity contribution in [1.29, 1.82) is 0 Å². The van der Waals surface area contributed by atoms with E-state index in [-0.39, 0.29) is 17.9 Å². The summed E-state index contributed by atoms with van der Waals surface area (Å²) in [5.74, 6) is 0.543. The number of nitrogens with zero attached hydrogens (tertiary/aromatic N) is 2. The summed E-state index contributed by atoms with van der Waals surface area (Å²) < 4.78 is 7.52. The van der Waals surface area contributed by atoms with E-state index < -0.39 is 0 Å². The van der Waals surface area contributed by atoms with E-state index >= 15 is 0 Å². The fourth-order valence-corrected chi connectivity index (χ4v) is 3.44. The Balaban J connectivity index is 1.77. The van der Waals surface area contributed by atoms with Crippen molar-refractivity contribution in [2.45, 2.75) is 65.5 Å². The maximum atomic E-state index is 12.9. The molecule has 3 rings (SSSR count). The first kappa shape index (κ1) is 20.9. The Morgan fingerprint density at radius 1 is 1.17 bits per heavy atom. The van der Waals surface area contributed by atoms with Crippen LogP contribution in [0.15, 0.2) is 24.3 Å². The highest BCUT2D eigenvalue weighted by Crippen LogP contribution is 2.23. The van der Waals surface area contributed by atoms with E-state index in [1.54, 1.807) is 12.1 Å². The molecule has 0 aliphatic carbocycles. The molecule has 156 valence electrons. The third-order valence-electron chi connectivity index (χ3n) is 4.84. The molecule has 7 nitrogen and oxygen atoms in total. The molecule has 1 aliphatic rings. The van der Waals surface area contributed by atoms with Gasteiger partial charge in [0.1, 0.15) is 11.4 Å². The van der Waals surface area contributed by atoms with Crippen LogP contribution in [0.25, 0.3) is 0 Å². The van der Waals surface area contributed by atoms with Gasteiger partial charge in [-0.3, -0.25) is 9.59 Å². The van der Waals surface area contributed by atoms with Crippen LogP contribution in [-0.2, 0) is 13.0 Å². The normalized spacial score (nSPS) is 13.1. The monoisotopic (exact) mass is 398 g/mol.